The van der Waals surface area contributed by atoms with E-state index in [1.807, 2.05) is 0 Å². The zero-order chi connectivity index (χ0) is 8.43. The summed E-state index contributed by atoms with van der Waals surface area (Å²) in [4.78, 5) is 10.1. The van der Waals surface area contributed by atoms with Gasteiger partial charge >= 0.3 is 0 Å². The van der Waals surface area contributed by atoms with Gasteiger partial charge in [0.1, 0.15) is 24.4 Å². The molecule has 5 N–H and O–H groups in total. The van der Waals surface area contributed by atoms with Crippen LogP contribution in [-0.4, -0.2) is 58.1 Å². The molecule has 6 nitrogen and oxygen atoms in total. The lowest BCUT2D eigenvalue weighted by atomic mass is 10.1. The van der Waals surface area contributed by atoms with Crippen molar-refractivity contribution in [2.75, 3.05) is 6.61 Å². The van der Waals surface area contributed by atoms with Crippen molar-refractivity contribution in [3.05, 3.63) is 0 Å². The first-order valence-electron chi connectivity index (χ1n) is 3.28. The highest BCUT2D eigenvalue weighted by Crippen LogP contribution is 2.19. The Bertz CT molecular complexity index is 149. The molecular formula is C6H12O6. The molecule has 0 amide bonds. The van der Waals surface area contributed by atoms with E-state index < -0.39 is 31.0 Å². The zero-order valence-corrected chi connectivity index (χ0v) is 6.25. The van der Waals surface area contributed by atoms with Crippen LogP contribution in [0, 0.1) is 0 Å². The van der Waals surface area contributed by atoms with Gasteiger partial charge in [-0.25, -0.2) is 0 Å². The predicted molar refractivity (Wildman–Crippen MR) is 37.4 cm³/mol. The maximum Gasteiger partial charge on any atom is 0.151 e. The van der Waals surface area contributed by atoms with Crippen LogP contribution in [0.15, 0.2) is 0 Å². The van der Waals surface area contributed by atoms with Crippen molar-refractivity contribution in [3.8, 4) is 0 Å². The fourth-order valence-electron chi connectivity index (χ4n) is 1.04. The van der Waals surface area contributed by atoms with E-state index in [9.17, 15) is 4.79 Å². The number of hydrogen-bond acceptors (Lipinski definition) is 5. The molecule has 0 aromatic heterocycles. The van der Waals surface area contributed by atoms with Gasteiger partial charge in [-0.15, -0.1) is 0 Å². The average molecular weight is 180 g/mol. The van der Waals surface area contributed by atoms with Crippen LogP contribution in [0.3, 0.4) is 0 Å². The summed E-state index contributed by atoms with van der Waals surface area (Å²) in [6, 6.07) is 0. The minimum absolute atomic E-state index is 0. The van der Waals surface area contributed by atoms with Crippen LogP contribution in [0.1, 0.15) is 0 Å². The van der Waals surface area contributed by atoms with E-state index in [1.54, 1.807) is 0 Å². The fraction of sp³-hybridized carbons (Fsp3) is 0.833. The monoisotopic (exact) mass is 180 g/mol. The third kappa shape index (κ3) is 1.79. The van der Waals surface area contributed by atoms with Gasteiger partial charge in [-0.1, -0.05) is 0 Å². The van der Waals surface area contributed by atoms with Gasteiger partial charge in [-0.05, 0) is 0 Å². The van der Waals surface area contributed by atoms with Crippen LogP contribution in [0.2, 0.25) is 0 Å². The standard InChI is InChI=1S/C6H10O5.H2O/c7-1-3-5(9)6(10)4(2-8)11-3;/h1,3-6,8-10H,2H2;1H2/t3-,4-,5-,6-;/m1./s1. The number of aliphatic hydroxyl groups is 3. The van der Waals surface area contributed by atoms with Gasteiger partial charge in [0.05, 0.1) is 6.61 Å². The van der Waals surface area contributed by atoms with Crippen molar-refractivity contribution in [3.63, 3.8) is 0 Å². The highest BCUT2D eigenvalue weighted by molar-refractivity contribution is 5.58. The molecule has 1 saturated heterocycles. The minimum atomic E-state index is -1.22. The first-order valence-corrected chi connectivity index (χ1v) is 3.28. The summed E-state index contributed by atoms with van der Waals surface area (Å²) < 4.78 is 4.77. The van der Waals surface area contributed by atoms with Crippen molar-refractivity contribution >= 4 is 6.29 Å². The van der Waals surface area contributed by atoms with Crippen molar-refractivity contribution < 1.29 is 30.3 Å². The Morgan fingerprint density at radius 1 is 1.33 bits per heavy atom. The molecule has 0 spiro atoms. The molecule has 1 rings (SSSR count). The lowest BCUT2D eigenvalue weighted by Gasteiger charge is -2.10. The third-order valence-corrected chi connectivity index (χ3v) is 1.71. The highest BCUT2D eigenvalue weighted by Gasteiger charge is 2.41. The van der Waals surface area contributed by atoms with Crippen LogP contribution >= 0.6 is 0 Å². The van der Waals surface area contributed by atoms with Gasteiger partial charge in [0, 0.05) is 0 Å². The Labute approximate surface area is 68.7 Å². The van der Waals surface area contributed by atoms with E-state index >= 15 is 0 Å². The summed E-state index contributed by atoms with van der Waals surface area (Å²) in [5.41, 5.74) is 0. The van der Waals surface area contributed by atoms with Crippen LogP contribution < -0.4 is 0 Å². The van der Waals surface area contributed by atoms with Crippen LogP contribution in [0.25, 0.3) is 0 Å². The zero-order valence-electron chi connectivity index (χ0n) is 6.25. The number of rotatable bonds is 2. The third-order valence-electron chi connectivity index (χ3n) is 1.71. The summed E-state index contributed by atoms with van der Waals surface area (Å²) in [6.07, 6.45) is -3.84. The molecule has 0 aliphatic carbocycles. The normalized spacial score (nSPS) is 40.6. The molecule has 4 atom stereocenters. The SMILES string of the molecule is O.O=C[C@H]1O[C@H](CO)[C@@H](O)[C@@H]1O. The molecule has 1 fully saturated rings. The Hall–Kier alpha value is -0.530. The number of hydrogen-bond donors (Lipinski definition) is 3. The summed E-state index contributed by atoms with van der Waals surface area (Å²) in [7, 11) is 0. The molecule has 12 heavy (non-hydrogen) atoms. The van der Waals surface area contributed by atoms with Crippen LogP contribution in [0.4, 0.5) is 0 Å². The molecule has 0 saturated carbocycles. The van der Waals surface area contributed by atoms with Gasteiger partial charge < -0.3 is 30.3 Å². The Morgan fingerprint density at radius 3 is 2.17 bits per heavy atom. The second-order valence-corrected chi connectivity index (χ2v) is 2.44. The summed E-state index contributed by atoms with van der Waals surface area (Å²) >= 11 is 0. The van der Waals surface area contributed by atoms with Crippen LogP contribution in [-0.2, 0) is 9.53 Å². The Kier molecular flexibility index (Phi) is 4.29. The molecule has 6 heteroatoms. The maximum atomic E-state index is 10.1. The molecular weight excluding hydrogens is 168 g/mol. The van der Waals surface area contributed by atoms with Crippen LogP contribution in [0.5, 0.6) is 0 Å². The summed E-state index contributed by atoms with van der Waals surface area (Å²) in [5, 5.41) is 26.7. The second kappa shape index (κ2) is 4.48. The quantitative estimate of drug-likeness (QED) is 0.387. The number of ether oxygens (including phenoxy) is 1. The second-order valence-electron chi connectivity index (χ2n) is 2.44. The van der Waals surface area contributed by atoms with E-state index in [-0.39, 0.29) is 5.48 Å². The lowest BCUT2D eigenvalue weighted by Crippen LogP contribution is -2.34. The number of aliphatic hydroxyl groups excluding tert-OH is 3. The lowest BCUT2D eigenvalue weighted by molar-refractivity contribution is -0.121. The first-order chi connectivity index (χ1) is 5.20. The highest BCUT2D eigenvalue weighted by atomic mass is 16.6. The van der Waals surface area contributed by atoms with Gasteiger partial charge in [0.15, 0.2) is 6.29 Å². The van der Waals surface area contributed by atoms with Crippen molar-refractivity contribution in [1.29, 1.82) is 0 Å². The number of carbonyl (C=O) groups is 1. The average Bonchev–Trinajstić information content (AvgIpc) is 2.30. The van der Waals surface area contributed by atoms with Gasteiger partial charge in [-0.2, -0.15) is 0 Å². The van der Waals surface area contributed by atoms with Crippen molar-refractivity contribution in [2.24, 2.45) is 0 Å². The van der Waals surface area contributed by atoms with Crippen molar-refractivity contribution in [2.45, 2.75) is 24.4 Å². The molecule has 1 heterocycles. The molecule has 0 radical (unpaired) electrons. The molecule has 0 aromatic carbocycles. The van der Waals surface area contributed by atoms with E-state index in [0.29, 0.717) is 6.29 Å². The largest absolute Gasteiger partial charge is 0.412 e. The first kappa shape index (κ1) is 11.5. The number of aldehydes is 1. The topological polar surface area (TPSA) is 118 Å². The molecule has 0 bridgehead atoms. The molecule has 0 aromatic rings. The van der Waals surface area contributed by atoms with Crippen molar-refractivity contribution in [1.82, 2.24) is 0 Å². The Balaban J connectivity index is 0.00000121. The molecule has 0 unspecified atom stereocenters. The van der Waals surface area contributed by atoms with E-state index in [2.05, 4.69) is 0 Å². The molecule has 1 aliphatic rings. The molecule has 72 valence electrons. The summed E-state index contributed by atoms with van der Waals surface area (Å²) in [6.45, 7) is -0.400. The van der Waals surface area contributed by atoms with E-state index in [4.69, 9.17) is 20.1 Å². The molecule has 1 aliphatic heterocycles. The fourth-order valence-corrected chi connectivity index (χ4v) is 1.04. The van der Waals surface area contributed by atoms with E-state index in [1.165, 1.54) is 0 Å². The van der Waals surface area contributed by atoms with Gasteiger partial charge in [0.25, 0.3) is 0 Å². The summed E-state index contributed by atoms with van der Waals surface area (Å²) in [5.74, 6) is 0. The van der Waals surface area contributed by atoms with Gasteiger partial charge in [-0.3, -0.25) is 0 Å². The predicted octanol–water partition coefficient (Wildman–Crippen LogP) is -3.16. The Morgan fingerprint density at radius 2 is 1.92 bits per heavy atom. The number of carbonyl (C=O) groups excluding carboxylic acids is 1. The smallest absolute Gasteiger partial charge is 0.151 e. The van der Waals surface area contributed by atoms with Gasteiger partial charge in [0.2, 0.25) is 0 Å². The minimum Gasteiger partial charge on any atom is -0.412 e. The maximum absolute atomic E-state index is 10.1. The van der Waals surface area contributed by atoms with E-state index in [0.717, 1.165) is 0 Å².